The quantitative estimate of drug-likeness (QED) is 0.510. The number of rotatable bonds is 7. The maximum atomic E-state index is 13.9. The van der Waals surface area contributed by atoms with E-state index in [1.807, 2.05) is 0 Å². The van der Waals surface area contributed by atoms with Crippen LogP contribution in [0.4, 0.5) is 14.5 Å². The Bertz CT molecular complexity index is 1150. The van der Waals surface area contributed by atoms with Crippen molar-refractivity contribution in [2.45, 2.75) is 19.9 Å². The van der Waals surface area contributed by atoms with Gasteiger partial charge in [0.2, 0.25) is 5.91 Å². The van der Waals surface area contributed by atoms with Crippen molar-refractivity contribution >= 4 is 23.4 Å². The summed E-state index contributed by atoms with van der Waals surface area (Å²) in [6.45, 7) is 3.40. The lowest BCUT2D eigenvalue weighted by atomic mass is 10.0. The first-order valence-electron chi connectivity index (χ1n) is 10.1. The number of hydrogen-bond donors (Lipinski definition) is 3. The molecule has 3 aromatic rings. The summed E-state index contributed by atoms with van der Waals surface area (Å²) < 4.78 is 29.3. The van der Waals surface area contributed by atoms with Gasteiger partial charge in [0.1, 0.15) is 23.2 Å². The van der Waals surface area contributed by atoms with Gasteiger partial charge in [0.25, 0.3) is 11.8 Å². The summed E-state index contributed by atoms with van der Waals surface area (Å²) in [4.78, 5) is 36.9. The molecule has 1 aromatic heterocycles. The van der Waals surface area contributed by atoms with Crippen LogP contribution in [0.3, 0.4) is 0 Å². The third-order valence-corrected chi connectivity index (χ3v) is 4.87. The Morgan fingerprint density at radius 2 is 1.58 bits per heavy atom. The average molecular weight is 455 g/mol. The van der Waals surface area contributed by atoms with Crippen LogP contribution in [-0.2, 0) is 4.79 Å². The van der Waals surface area contributed by atoms with Crippen LogP contribution in [0.2, 0.25) is 0 Å². The topological polar surface area (TPSA) is 105 Å². The van der Waals surface area contributed by atoms with Crippen molar-refractivity contribution in [2.75, 3.05) is 12.4 Å². The van der Waals surface area contributed by atoms with E-state index in [0.717, 1.165) is 18.2 Å². The number of benzene rings is 2. The Morgan fingerprint density at radius 1 is 0.939 bits per heavy atom. The summed E-state index contributed by atoms with van der Waals surface area (Å²) in [5.74, 6) is -4.23. The molecule has 1 unspecified atom stereocenters. The maximum absolute atomic E-state index is 13.9. The monoisotopic (exact) mass is 455 g/mol. The van der Waals surface area contributed by atoms with Gasteiger partial charge in [-0.05, 0) is 48.4 Å². The molecule has 3 N–H and O–H groups in total. The highest BCUT2D eigenvalue weighted by atomic mass is 19.1. The van der Waals surface area contributed by atoms with Crippen molar-refractivity contribution in [3.05, 3.63) is 77.6 Å². The standard InChI is InChI=1S/C23H23F2N5O3/c1-13(2)20(28-22(32)19-16(24)5-4-6-17(19)25)23(33)27-14-7-9-15(10-8-14)30-12-11-18(29-30)21(31)26-3/h4-13,20H,1-3H3,(H,26,31)(H,27,33)(H,28,32). The van der Waals surface area contributed by atoms with Crippen LogP contribution in [0.1, 0.15) is 34.7 Å². The predicted molar refractivity (Wildman–Crippen MR) is 118 cm³/mol. The molecule has 0 aliphatic heterocycles. The fraction of sp³-hybridized carbons (Fsp3) is 0.217. The maximum Gasteiger partial charge on any atom is 0.271 e. The number of nitrogens with zero attached hydrogens (tertiary/aromatic N) is 2. The number of amides is 3. The number of hydrogen-bond acceptors (Lipinski definition) is 4. The van der Waals surface area contributed by atoms with Gasteiger partial charge in [0.15, 0.2) is 5.69 Å². The van der Waals surface area contributed by atoms with Crippen LogP contribution in [0.5, 0.6) is 0 Å². The lowest BCUT2D eigenvalue weighted by Crippen LogP contribution is -2.47. The lowest BCUT2D eigenvalue weighted by molar-refractivity contribution is -0.118. The van der Waals surface area contributed by atoms with Gasteiger partial charge < -0.3 is 16.0 Å². The van der Waals surface area contributed by atoms with Gasteiger partial charge >= 0.3 is 0 Å². The minimum Gasteiger partial charge on any atom is -0.354 e. The highest BCUT2D eigenvalue weighted by Crippen LogP contribution is 2.16. The highest BCUT2D eigenvalue weighted by molar-refractivity contribution is 6.01. The fourth-order valence-electron chi connectivity index (χ4n) is 3.10. The molecule has 0 bridgehead atoms. The fourth-order valence-corrected chi connectivity index (χ4v) is 3.10. The van der Waals surface area contributed by atoms with Gasteiger partial charge in [-0.1, -0.05) is 19.9 Å². The Kier molecular flexibility index (Phi) is 7.17. The molecule has 2 aromatic carbocycles. The molecular formula is C23H23F2N5O3. The molecule has 0 aliphatic rings. The molecule has 0 spiro atoms. The molecule has 33 heavy (non-hydrogen) atoms. The van der Waals surface area contributed by atoms with E-state index in [4.69, 9.17) is 0 Å². The molecule has 1 heterocycles. The third kappa shape index (κ3) is 5.40. The Balaban J connectivity index is 1.71. The second kappa shape index (κ2) is 10.0. The van der Waals surface area contributed by atoms with E-state index in [1.165, 1.54) is 11.7 Å². The predicted octanol–water partition coefficient (Wildman–Crippen LogP) is 2.90. The Labute approximate surface area is 189 Å². The van der Waals surface area contributed by atoms with E-state index >= 15 is 0 Å². The Hall–Kier alpha value is -4.08. The second-order valence-corrected chi connectivity index (χ2v) is 7.55. The smallest absolute Gasteiger partial charge is 0.271 e. The molecule has 8 nitrogen and oxygen atoms in total. The minimum absolute atomic E-state index is 0.261. The van der Waals surface area contributed by atoms with Crippen molar-refractivity contribution in [1.82, 2.24) is 20.4 Å². The molecule has 3 amide bonds. The molecule has 0 saturated carbocycles. The number of carbonyl (C=O) groups excluding carboxylic acids is 3. The van der Waals surface area contributed by atoms with E-state index < -0.39 is 35.1 Å². The van der Waals surface area contributed by atoms with Gasteiger partial charge in [-0.25, -0.2) is 13.5 Å². The zero-order valence-corrected chi connectivity index (χ0v) is 18.2. The molecule has 10 heteroatoms. The summed E-state index contributed by atoms with van der Waals surface area (Å²) in [7, 11) is 1.51. The van der Waals surface area contributed by atoms with E-state index in [-0.39, 0.29) is 17.5 Å². The highest BCUT2D eigenvalue weighted by Gasteiger charge is 2.27. The van der Waals surface area contributed by atoms with Crippen LogP contribution in [0.15, 0.2) is 54.7 Å². The molecule has 0 saturated heterocycles. The zero-order chi connectivity index (χ0) is 24.1. The molecule has 1 atom stereocenters. The summed E-state index contributed by atoms with van der Waals surface area (Å²) >= 11 is 0. The number of aromatic nitrogens is 2. The SMILES string of the molecule is CNC(=O)c1ccn(-c2ccc(NC(=O)C(NC(=O)c3c(F)cccc3F)C(C)C)cc2)n1. The minimum atomic E-state index is -1.03. The number of halogens is 2. The van der Waals surface area contributed by atoms with Gasteiger partial charge in [0.05, 0.1) is 5.69 Å². The number of nitrogens with one attached hydrogen (secondary N) is 3. The van der Waals surface area contributed by atoms with Gasteiger partial charge in [0, 0.05) is 18.9 Å². The van der Waals surface area contributed by atoms with Crippen LogP contribution < -0.4 is 16.0 Å². The first kappa shape index (κ1) is 23.6. The lowest BCUT2D eigenvalue weighted by Gasteiger charge is -2.22. The van der Waals surface area contributed by atoms with E-state index in [2.05, 4.69) is 21.0 Å². The van der Waals surface area contributed by atoms with Crippen molar-refractivity contribution < 1.29 is 23.2 Å². The second-order valence-electron chi connectivity index (χ2n) is 7.55. The first-order valence-corrected chi connectivity index (χ1v) is 10.1. The van der Waals surface area contributed by atoms with E-state index in [1.54, 1.807) is 50.4 Å². The zero-order valence-electron chi connectivity index (χ0n) is 18.2. The summed E-state index contributed by atoms with van der Waals surface area (Å²) in [5.41, 5.74) is 0.624. The number of carbonyl (C=O) groups is 3. The van der Waals surface area contributed by atoms with E-state index in [0.29, 0.717) is 11.4 Å². The summed E-state index contributed by atoms with van der Waals surface area (Å²) in [5, 5.41) is 11.8. The molecule has 0 fully saturated rings. The molecular weight excluding hydrogens is 432 g/mol. The molecule has 3 rings (SSSR count). The average Bonchev–Trinajstić information content (AvgIpc) is 3.27. The van der Waals surface area contributed by atoms with E-state index in [9.17, 15) is 23.2 Å². The van der Waals surface area contributed by atoms with Gasteiger partial charge in [-0.3, -0.25) is 14.4 Å². The van der Waals surface area contributed by atoms with Crippen LogP contribution >= 0.6 is 0 Å². The largest absolute Gasteiger partial charge is 0.354 e. The van der Waals surface area contributed by atoms with Gasteiger partial charge in [-0.15, -0.1) is 0 Å². The van der Waals surface area contributed by atoms with Crippen LogP contribution in [0.25, 0.3) is 5.69 Å². The summed E-state index contributed by atoms with van der Waals surface area (Å²) in [6, 6.07) is 10.3. The number of anilines is 1. The van der Waals surface area contributed by atoms with Gasteiger partial charge in [-0.2, -0.15) is 5.10 Å². The van der Waals surface area contributed by atoms with Crippen LogP contribution in [0, 0.1) is 17.6 Å². The summed E-state index contributed by atoms with van der Waals surface area (Å²) in [6.07, 6.45) is 1.63. The van der Waals surface area contributed by atoms with Crippen LogP contribution in [-0.4, -0.2) is 40.6 Å². The normalized spacial score (nSPS) is 11.7. The van der Waals surface area contributed by atoms with Crippen molar-refractivity contribution in [3.8, 4) is 5.69 Å². The molecule has 0 radical (unpaired) electrons. The Morgan fingerprint density at radius 3 is 2.15 bits per heavy atom. The third-order valence-electron chi connectivity index (χ3n) is 4.87. The molecule has 172 valence electrons. The van der Waals surface area contributed by atoms with Crippen molar-refractivity contribution in [3.63, 3.8) is 0 Å². The first-order chi connectivity index (χ1) is 15.7. The van der Waals surface area contributed by atoms with Crippen molar-refractivity contribution in [2.24, 2.45) is 5.92 Å². The molecule has 0 aliphatic carbocycles. The van der Waals surface area contributed by atoms with Crippen molar-refractivity contribution in [1.29, 1.82) is 0 Å².